The summed E-state index contributed by atoms with van der Waals surface area (Å²) in [7, 11) is 0. The maximum absolute atomic E-state index is 13.4. The van der Waals surface area contributed by atoms with Crippen LogP contribution in [0.4, 0.5) is 4.39 Å². The normalized spacial score (nSPS) is 14.8. The van der Waals surface area contributed by atoms with Crippen molar-refractivity contribution in [3.05, 3.63) is 46.5 Å². The van der Waals surface area contributed by atoms with Crippen molar-refractivity contribution in [2.75, 3.05) is 0 Å². The highest BCUT2D eigenvalue weighted by atomic mass is 35.5. The van der Waals surface area contributed by atoms with Crippen LogP contribution in [0.3, 0.4) is 0 Å². The number of benzene rings is 1. The van der Waals surface area contributed by atoms with Crippen molar-refractivity contribution in [3.8, 4) is 11.4 Å². The van der Waals surface area contributed by atoms with Crippen LogP contribution in [0.25, 0.3) is 11.4 Å². The molecule has 0 bridgehead atoms. The lowest BCUT2D eigenvalue weighted by Crippen LogP contribution is -1.97. The maximum Gasteiger partial charge on any atom is 0.181 e. The van der Waals surface area contributed by atoms with Crippen LogP contribution in [0.5, 0.6) is 0 Å². The summed E-state index contributed by atoms with van der Waals surface area (Å²) in [6.07, 6.45) is 2.49. The molecule has 0 unspecified atom stereocenters. The standard InChI is InChI=1S/C14H12ClFN2/c1-8-12(16)13(15)18-14(17-8)11-4-2-3-10(7-11)9-5-6-9/h2-4,7,9H,5-6H2,1H3. The number of aryl methyl sites for hydroxylation is 1. The molecule has 1 aliphatic rings. The van der Waals surface area contributed by atoms with E-state index in [0.717, 1.165) is 5.56 Å². The predicted octanol–water partition coefficient (Wildman–Crippen LogP) is 4.12. The van der Waals surface area contributed by atoms with E-state index < -0.39 is 5.82 Å². The van der Waals surface area contributed by atoms with E-state index in [1.54, 1.807) is 6.92 Å². The predicted molar refractivity (Wildman–Crippen MR) is 69.1 cm³/mol. The second-order valence-electron chi connectivity index (χ2n) is 4.64. The molecule has 0 spiro atoms. The molecule has 2 aromatic rings. The molecular formula is C14H12ClFN2. The summed E-state index contributed by atoms with van der Waals surface area (Å²) in [5, 5.41) is -0.116. The SMILES string of the molecule is Cc1nc(-c2cccc(C3CC3)c2)nc(Cl)c1F. The molecule has 0 amide bonds. The molecular weight excluding hydrogens is 251 g/mol. The first-order valence-electron chi connectivity index (χ1n) is 5.95. The summed E-state index contributed by atoms with van der Waals surface area (Å²) in [6.45, 7) is 1.59. The van der Waals surface area contributed by atoms with Crippen LogP contribution in [0.15, 0.2) is 24.3 Å². The molecule has 1 aromatic heterocycles. The Balaban J connectivity index is 2.06. The van der Waals surface area contributed by atoms with E-state index in [2.05, 4.69) is 22.1 Å². The molecule has 18 heavy (non-hydrogen) atoms. The van der Waals surface area contributed by atoms with Crippen LogP contribution >= 0.6 is 11.6 Å². The van der Waals surface area contributed by atoms with Gasteiger partial charge in [0.2, 0.25) is 0 Å². The molecule has 1 aromatic carbocycles. The van der Waals surface area contributed by atoms with Gasteiger partial charge in [-0.15, -0.1) is 0 Å². The van der Waals surface area contributed by atoms with Gasteiger partial charge in [0, 0.05) is 5.56 Å². The highest BCUT2D eigenvalue weighted by molar-refractivity contribution is 6.29. The monoisotopic (exact) mass is 262 g/mol. The first kappa shape index (κ1) is 11.6. The number of halogens is 2. The van der Waals surface area contributed by atoms with Crippen LogP contribution in [0.2, 0.25) is 5.15 Å². The summed E-state index contributed by atoms with van der Waals surface area (Å²) in [5.74, 6) is 0.613. The van der Waals surface area contributed by atoms with Gasteiger partial charge < -0.3 is 0 Å². The highest BCUT2D eigenvalue weighted by Gasteiger charge is 2.23. The Labute approximate surface area is 110 Å². The van der Waals surface area contributed by atoms with Crippen molar-refractivity contribution in [3.63, 3.8) is 0 Å². The van der Waals surface area contributed by atoms with Gasteiger partial charge in [-0.2, -0.15) is 0 Å². The van der Waals surface area contributed by atoms with Gasteiger partial charge in [0.1, 0.15) is 0 Å². The number of rotatable bonds is 2. The maximum atomic E-state index is 13.4. The van der Waals surface area contributed by atoms with Gasteiger partial charge in [0.15, 0.2) is 16.8 Å². The van der Waals surface area contributed by atoms with Crippen molar-refractivity contribution in [1.29, 1.82) is 0 Å². The molecule has 1 aliphatic carbocycles. The molecule has 0 saturated heterocycles. The smallest absolute Gasteiger partial charge is 0.181 e. The Kier molecular flexibility index (Phi) is 2.78. The summed E-state index contributed by atoms with van der Waals surface area (Å²) < 4.78 is 13.4. The molecule has 3 rings (SSSR count). The van der Waals surface area contributed by atoms with E-state index in [1.165, 1.54) is 18.4 Å². The van der Waals surface area contributed by atoms with Crippen molar-refractivity contribution in [2.24, 2.45) is 0 Å². The third-order valence-electron chi connectivity index (χ3n) is 3.17. The Morgan fingerprint density at radius 1 is 1.28 bits per heavy atom. The lowest BCUT2D eigenvalue weighted by molar-refractivity contribution is 0.603. The Hall–Kier alpha value is -1.48. The summed E-state index contributed by atoms with van der Waals surface area (Å²) >= 11 is 5.76. The number of hydrogen-bond acceptors (Lipinski definition) is 2. The second kappa shape index (κ2) is 4.32. The van der Waals surface area contributed by atoms with Crippen LogP contribution in [0.1, 0.15) is 30.0 Å². The third kappa shape index (κ3) is 2.10. The van der Waals surface area contributed by atoms with E-state index in [0.29, 0.717) is 11.7 Å². The molecule has 2 nitrogen and oxygen atoms in total. The van der Waals surface area contributed by atoms with Crippen LogP contribution < -0.4 is 0 Å². The minimum absolute atomic E-state index is 0.116. The van der Waals surface area contributed by atoms with Gasteiger partial charge in [-0.25, -0.2) is 14.4 Å². The second-order valence-corrected chi connectivity index (χ2v) is 5.00. The van der Waals surface area contributed by atoms with Crippen LogP contribution in [-0.4, -0.2) is 9.97 Å². The zero-order valence-electron chi connectivity index (χ0n) is 9.95. The molecule has 0 atom stereocenters. The number of nitrogens with zero attached hydrogens (tertiary/aromatic N) is 2. The minimum atomic E-state index is -0.543. The van der Waals surface area contributed by atoms with Crippen LogP contribution in [0, 0.1) is 12.7 Å². The molecule has 0 N–H and O–H groups in total. The Bertz CT molecular complexity index is 585. The van der Waals surface area contributed by atoms with E-state index in [9.17, 15) is 4.39 Å². The van der Waals surface area contributed by atoms with Crippen molar-refractivity contribution < 1.29 is 4.39 Å². The molecule has 0 radical (unpaired) electrons. The third-order valence-corrected chi connectivity index (χ3v) is 3.42. The fourth-order valence-corrected chi connectivity index (χ4v) is 2.22. The lowest BCUT2D eigenvalue weighted by atomic mass is 10.1. The minimum Gasteiger partial charge on any atom is -0.230 e. The summed E-state index contributed by atoms with van der Waals surface area (Å²) in [5.41, 5.74) is 2.47. The van der Waals surface area contributed by atoms with E-state index in [1.807, 2.05) is 12.1 Å². The number of aromatic nitrogens is 2. The first-order valence-corrected chi connectivity index (χ1v) is 6.33. The van der Waals surface area contributed by atoms with Gasteiger partial charge in [-0.3, -0.25) is 0 Å². The fraction of sp³-hybridized carbons (Fsp3) is 0.286. The molecule has 4 heteroatoms. The molecule has 1 saturated carbocycles. The Morgan fingerprint density at radius 3 is 2.72 bits per heavy atom. The average molecular weight is 263 g/mol. The molecule has 1 heterocycles. The average Bonchev–Trinajstić information content (AvgIpc) is 3.20. The molecule has 0 aliphatic heterocycles. The largest absolute Gasteiger partial charge is 0.230 e. The number of hydrogen-bond donors (Lipinski definition) is 0. The van der Waals surface area contributed by atoms with Gasteiger partial charge >= 0.3 is 0 Å². The summed E-state index contributed by atoms with van der Waals surface area (Å²) in [6, 6.07) is 8.09. The van der Waals surface area contributed by atoms with Gasteiger partial charge in [0.05, 0.1) is 5.69 Å². The lowest BCUT2D eigenvalue weighted by Gasteiger charge is -2.05. The Morgan fingerprint density at radius 2 is 2.06 bits per heavy atom. The van der Waals surface area contributed by atoms with Crippen LogP contribution in [-0.2, 0) is 0 Å². The first-order chi connectivity index (χ1) is 8.65. The fourth-order valence-electron chi connectivity index (χ4n) is 2.00. The van der Waals surface area contributed by atoms with Gasteiger partial charge in [0.25, 0.3) is 0 Å². The molecule has 92 valence electrons. The zero-order valence-corrected chi connectivity index (χ0v) is 10.7. The van der Waals surface area contributed by atoms with Crippen molar-refractivity contribution in [2.45, 2.75) is 25.7 Å². The highest BCUT2D eigenvalue weighted by Crippen LogP contribution is 2.40. The van der Waals surface area contributed by atoms with Crippen molar-refractivity contribution >= 4 is 11.6 Å². The van der Waals surface area contributed by atoms with E-state index >= 15 is 0 Å². The quantitative estimate of drug-likeness (QED) is 0.761. The topological polar surface area (TPSA) is 25.8 Å². The van der Waals surface area contributed by atoms with Gasteiger partial charge in [-0.1, -0.05) is 29.8 Å². The van der Waals surface area contributed by atoms with Crippen molar-refractivity contribution in [1.82, 2.24) is 9.97 Å². The summed E-state index contributed by atoms with van der Waals surface area (Å²) in [4.78, 5) is 8.16. The zero-order chi connectivity index (χ0) is 12.7. The van der Waals surface area contributed by atoms with E-state index in [4.69, 9.17) is 11.6 Å². The molecule has 1 fully saturated rings. The van der Waals surface area contributed by atoms with Gasteiger partial charge in [-0.05, 0) is 37.3 Å². The van der Waals surface area contributed by atoms with E-state index in [-0.39, 0.29) is 10.8 Å².